The van der Waals surface area contributed by atoms with Crippen molar-refractivity contribution in [2.45, 2.75) is 116 Å². The quantitative estimate of drug-likeness (QED) is 0.309. The summed E-state index contributed by atoms with van der Waals surface area (Å²) in [6.45, 7) is 26.3. The summed E-state index contributed by atoms with van der Waals surface area (Å²) in [4.78, 5) is 0. The lowest BCUT2D eigenvalue weighted by Gasteiger charge is -1.92. The van der Waals surface area contributed by atoms with Crippen molar-refractivity contribution in [2.75, 3.05) is 0 Å². The van der Waals surface area contributed by atoms with E-state index >= 15 is 0 Å². The van der Waals surface area contributed by atoms with E-state index in [4.69, 9.17) is 15.3 Å². The van der Waals surface area contributed by atoms with Gasteiger partial charge >= 0.3 is 0 Å². The van der Waals surface area contributed by atoms with Gasteiger partial charge in [0, 0.05) is 0 Å². The minimum atomic E-state index is 0.368. The fourth-order valence-electron chi connectivity index (χ4n) is 1.69. The van der Waals surface area contributed by atoms with Gasteiger partial charge in [0.2, 0.25) is 0 Å². The van der Waals surface area contributed by atoms with Crippen molar-refractivity contribution < 1.29 is 15.3 Å². The van der Waals surface area contributed by atoms with Gasteiger partial charge < -0.3 is 15.3 Å². The highest BCUT2D eigenvalue weighted by Crippen LogP contribution is 2.13. The number of hydrogen-bond acceptors (Lipinski definition) is 3. The minimum absolute atomic E-state index is 0.368. The van der Waals surface area contributed by atoms with Crippen molar-refractivity contribution in [2.24, 2.45) is 0 Å². The number of hydrogen-bond donors (Lipinski definition) is 3. The van der Waals surface area contributed by atoms with E-state index in [0.717, 1.165) is 16.7 Å². The third kappa shape index (κ3) is 33.1. The van der Waals surface area contributed by atoms with E-state index in [9.17, 15) is 0 Å². The summed E-state index contributed by atoms with van der Waals surface area (Å²) in [7, 11) is 0. The van der Waals surface area contributed by atoms with Gasteiger partial charge in [0.25, 0.3) is 0 Å². The molecular weight excluding hydrogens is 468 g/mol. The number of phenols is 3. The molecule has 3 aromatic carbocycles. The van der Waals surface area contributed by atoms with Gasteiger partial charge in [-0.1, -0.05) is 150 Å². The Kier molecular flexibility index (Phi) is 45.7. The summed E-state index contributed by atoms with van der Waals surface area (Å²) in [5.74, 6) is 1.10. The van der Waals surface area contributed by atoms with Crippen molar-refractivity contribution in [3.8, 4) is 17.2 Å². The number of rotatable bonds is 2. The van der Waals surface area contributed by atoms with Gasteiger partial charge in [-0.2, -0.15) is 0 Å². The Morgan fingerprint density at radius 3 is 0.605 bits per heavy atom. The molecule has 0 atom stereocenters. The first-order valence-corrected chi connectivity index (χ1v) is 14.5. The predicted octanol–water partition coefficient (Wildman–Crippen LogP) is 11.8. The number of aryl methyl sites for hydroxylation is 3. The van der Waals surface area contributed by atoms with Crippen LogP contribution in [0.2, 0.25) is 0 Å². The van der Waals surface area contributed by atoms with Crippen LogP contribution in [0, 0.1) is 20.8 Å². The van der Waals surface area contributed by atoms with Gasteiger partial charge in [-0.05, 0) is 55.7 Å². The molecule has 3 heteroatoms. The molecule has 3 aromatic rings. The van der Waals surface area contributed by atoms with Crippen LogP contribution in [0.25, 0.3) is 0 Å². The van der Waals surface area contributed by atoms with E-state index in [2.05, 4.69) is 27.7 Å². The second-order valence-electron chi connectivity index (χ2n) is 7.36. The van der Waals surface area contributed by atoms with Gasteiger partial charge in [-0.3, -0.25) is 0 Å². The maximum atomic E-state index is 8.92. The summed E-state index contributed by atoms with van der Waals surface area (Å²) in [6, 6.07) is 21.8. The van der Waals surface area contributed by atoms with E-state index < -0.39 is 0 Å². The van der Waals surface area contributed by atoms with Crippen LogP contribution in [0.4, 0.5) is 0 Å². The fraction of sp³-hybridized carbons (Fsp3) is 0.486. The number of benzene rings is 3. The average molecular weight is 531 g/mol. The molecule has 0 radical (unpaired) electrons. The first kappa shape index (κ1) is 45.0. The second kappa shape index (κ2) is 38.6. The van der Waals surface area contributed by atoms with E-state index in [1.54, 1.807) is 18.2 Å². The summed E-state index contributed by atoms with van der Waals surface area (Å²) in [5, 5.41) is 26.8. The van der Waals surface area contributed by atoms with E-state index in [0.29, 0.717) is 17.2 Å². The molecule has 0 aliphatic rings. The van der Waals surface area contributed by atoms with Crippen LogP contribution < -0.4 is 0 Å². The normalized spacial score (nSPS) is 7.82. The topological polar surface area (TPSA) is 60.7 Å². The largest absolute Gasteiger partial charge is 0.508 e. The molecule has 0 bridgehead atoms. The third-order valence-electron chi connectivity index (χ3n) is 4.35. The molecule has 3 N–H and O–H groups in total. The highest BCUT2D eigenvalue weighted by Gasteiger charge is 1.88. The highest BCUT2D eigenvalue weighted by molar-refractivity contribution is 5.31. The van der Waals surface area contributed by atoms with Crippen LogP contribution in [0.1, 0.15) is 112 Å². The zero-order chi connectivity index (χ0) is 30.8. The number of phenolic OH excluding ortho intramolecular Hbond substituents is 3. The van der Waals surface area contributed by atoms with Crippen LogP contribution in [0.5, 0.6) is 17.2 Å². The molecule has 0 aromatic heterocycles. The SMILES string of the molecule is CC.CC.CC.CCCC.CCCC.Cc1ccccc1O.Cc1ccccc1O.Cc1ccccc1O. The minimum Gasteiger partial charge on any atom is -0.508 e. The molecule has 0 spiro atoms. The molecule has 0 heterocycles. The van der Waals surface area contributed by atoms with Crippen LogP contribution in [-0.2, 0) is 0 Å². The van der Waals surface area contributed by atoms with Crippen LogP contribution in [0.3, 0.4) is 0 Å². The van der Waals surface area contributed by atoms with Gasteiger partial charge in [-0.15, -0.1) is 0 Å². The monoisotopic (exact) mass is 530 g/mol. The second-order valence-corrected chi connectivity index (χ2v) is 7.36. The van der Waals surface area contributed by atoms with Gasteiger partial charge in [0.15, 0.2) is 0 Å². The summed E-state index contributed by atoms with van der Waals surface area (Å²) in [6.07, 6.45) is 5.28. The van der Waals surface area contributed by atoms with Crippen molar-refractivity contribution in [1.29, 1.82) is 0 Å². The maximum Gasteiger partial charge on any atom is 0.118 e. The Labute approximate surface area is 237 Å². The fourth-order valence-corrected chi connectivity index (χ4v) is 1.69. The van der Waals surface area contributed by atoms with Crippen molar-refractivity contribution >= 4 is 0 Å². The first-order valence-electron chi connectivity index (χ1n) is 14.5. The standard InChI is InChI=1S/3C7H8O.2C4H10.3C2H6/c3*1-6-4-2-3-5-7(6)8;2*1-3-4-2;3*1-2/h3*2-5,8H,1H3;2*3-4H2,1-2H3;3*1-2H3. The molecule has 220 valence electrons. The van der Waals surface area contributed by atoms with Gasteiger partial charge in [0.05, 0.1) is 0 Å². The van der Waals surface area contributed by atoms with Crippen molar-refractivity contribution in [3.63, 3.8) is 0 Å². The Balaban J connectivity index is -0.000000117. The van der Waals surface area contributed by atoms with Crippen LogP contribution in [-0.4, -0.2) is 15.3 Å². The zero-order valence-electron chi connectivity index (χ0n) is 27.1. The van der Waals surface area contributed by atoms with E-state index in [1.807, 2.05) is 117 Å². The Bertz CT molecular complexity index is 639. The Hall–Kier alpha value is -2.94. The number of aromatic hydroxyl groups is 3. The predicted molar refractivity (Wildman–Crippen MR) is 174 cm³/mol. The smallest absolute Gasteiger partial charge is 0.118 e. The molecule has 3 nitrogen and oxygen atoms in total. The summed E-state index contributed by atoms with van der Waals surface area (Å²) >= 11 is 0. The number of para-hydroxylation sites is 3. The lowest BCUT2D eigenvalue weighted by molar-refractivity contribution is 0.470. The number of unbranched alkanes of at least 4 members (excludes halogenated alkanes) is 2. The molecular formula is C35H62O3. The maximum absolute atomic E-state index is 8.92. The Morgan fingerprint density at radius 2 is 0.526 bits per heavy atom. The van der Waals surface area contributed by atoms with Gasteiger partial charge in [0.1, 0.15) is 17.2 Å². The summed E-state index contributed by atoms with van der Waals surface area (Å²) in [5.41, 5.74) is 2.77. The molecule has 38 heavy (non-hydrogen) atoms. The lowest BCUT2D eigenvalue weighted by atomic mass is 10.2. The van der Waals surface area contributed by atoms with Crippen molar-refractivity contribution in [1.82, 2.24) is 0 Å². The first-order chi connectivity index (χ1) is 18.2. The molecule has 0 saturated heterocycles. The highest BCUT2D eigenvalue weighted by atomic mass is 16.3. The molecule has 0 saturated carbocycles. The molecule has 0 fully saturated rings. The van der Waals surface area contributed by atoms with Crippen LogP contribution in [0.15, 0.2) is 72.8 Å². The Morgan fingerprint density at radius 1 is 0.368 bits per heavy atom. The average Bonchev–Trinajstić information content (AvgIpc) is 2.98. The molecule has 0 amide bonds. The molecule has 0 unspecified atom stereocenters. The summed E-state index contributed by atoms with van der Waals surface area (Å²) < 4.78 is 0. The zero-order valence-corrected chi connectivity index (χ0v) is 27.1. The van der Waals surface area contributed by atoms with Crippen molar-refractivity contribution in [3.05, 3.63) is 89.5 Å². The van der Waals surface area contributed by atoms with E-state index in [-0.39, 0.29) is 0 Å². The van der Waals surface area contributed by atoms with Crippen LogP contribution >= 0.6 is 0 Å². The lowest BCUT2D eigenvalue weighted by Crippen LogP contribution is -1.68. The molecule has 3 rings (SSSR count). The van der Waals surface area contributed by atoms with Gasteiger partial charge in [-0.25, -0.2) is 0 Å². The van der Waals surface area contributed by atoms with E-state index in [1.165, 1.54) is 25.7 Å². The molecule has 0 aliphatic heterocycles. The molecule has 0 aliphatic carbocycles. The third-order valence-corrected chi connectivity index (χ3v) is 4.35.